The Hall–Kier alpha value is -1.39. The normalized spacial score (nSPS) is 16.2. The van der Waals surface area contributed by atoms with Crippen molar-refractivity contribution in [2.45, 2.75) is 25.9 Å². The van der Waals surface area contributed by atoms with E-state index in [1.807, 2.05) is 25.1 Å². The van der Waals surface area contributed by atoms with Crippen LogP contribution in [0.5, 0.6) is 0 Å². The zero-order chi connectivity index (χ0) is 12.4. The Morgan fingerprint density at radius 1 is 1.47 bits per heavy atom. The highest BCUT2D eigenvalue weighted by atomic mass is 16.3. The van der Waals surface area contributed by atoms with Crippen molar-refractivity contribution in [2.75, 3.05) is 18.1 Å². The summed E-state index contributed by atoms with van der Waals surface area (Å²) in [6.45, 7) is 2.22. The Morgan fingerprint density at radius 2 is 2.24 bits per heavy atom. The molecule has 1 atom stereocenters. The van der Waals surface area contributed by atoms with Gasteiger partial charge in [-0.2, -0.15) is 0 Å². The maximum atomic E-state index is 11.7. The first-order valence-corrected chi connectivity index (χ1v) is 5.89. The van der Waals surface area contributed by atoms with Crippen LogP contribution in [0.15, 0.2) is 18.2 Å². The van der Waals surface area contributed by atoms with E-state index in [4.69, 9.17) is 5.11 Å². The molecule has 92 valence electrons. The zero-order valence-corrected chi connectivity index (χ0v) is 9.89. The van der Waals surface area contributed by atoms with Gasteiger partial charge in [0.1, 0.15) is 0 Å². The lowest BCUT2D eigenvalue weighted by molar-refractivity contribution is -0.117. The van der Waals surface area contributed by atoms with Crippen molar-refractivity contribution in [3.05, 3.63) is 29.3 Å². The number of hydrogen-bond acceptors (Lipinski definition) is 3. The molecule has 0 saturated carbocycles. The summed E-state index contributed by atoms with van der Waals surface area (Å²) in [5.41, 5.74) is 2.65. The summed E-state index contributed by atoms with van der Waals surface area (Å²) in [6.07, 6.45) is 0.550. The standard InChI is InChI=1S/C13H17NO3/c1-2-12(16)9-3-4-11-10(7-9)8-13(17)14(11)5-6-15/h3-4,7,12,15-16H,2,5-6,8H2,1H3. The van der Waals surface area contributed by atoms with E-state index < -0.39 is 6.10 Å². The van der Waals surface area contributed by atoms with Crippen molar-refractivity contribution in [3.8, 4) is 0 Å². The topological polar surface area (TPSA) is 60.8 Å². The molecule has 0 spiro atoms. The van der Waals surface area contributed by atoms with Gasteiger partial charge >= 0.3 is 0 Å². The van der Waals surface area contributed by atoms with Gasteiger partial charge in [-0.05, 0) is 23.6 Å². The first kappa shape index (κ1) is 12.1. The van der Waals surface area contributed by atoms with E-state index in [9.17, 15) is 9.90 Å². The second-order valence-electron chi connectivity index (χ2n) is 4.26. The number of nitrogens with zero attached hydrogens (tertiary/aromatic N) is 1. The number of aliphatic hydroxyl groups excluding tert-OH is 2. The Morgan fingerprint density at radius 3 is 2.88 bits per heavy atom. The van der Waals surface area contributed by atoms with Gasteiger partial charge in [0.25, 0.3) is 0 Å². The number of rotatable bonds is 4. The van der Waals surface area contributed by atoms with Crippen LogP contribution in [0.2, 0.25) is 0 Å². The second kappa shape index (κ2) is 4.85. The van der Waals surface area contributed by atoms with E-state index in [1.54, 1.807) is 4.90 Å². The van der Waals surface area contributed by atoms with Crippen LogP contribution in [0.3, 0.4) is 0 Å². The molecule has 1 aliphatic heterocycles. The van der Waals surface area contributed by atoms with E-state index >= 15 is 0 Å². The van der Waals surface area contributed by atoms with E-state index in [-0.39, 0.29) is 12.5 Å². The molecule has 1 heterocycles. The van der Waals surface area contributed by atoms with Gasteiger partial charge in [0, 0.05) is 12.2 Å². The molecule has 0 bridgehead atoms. The number of hydrogen-bond donors (Lipinski definition) is 2. The Labute approximate surface area is 100 Å². The van der Waals surface area contributed by atoms with Gasteiger partial charge in [0.15, 0.2) is 0 Å². The number of amides is 1. The predicted octanol–water partition coefficient (Wildman–Crippen LogP) is 1.01. The summed E-state index contributed by atoms with van der Waals surface area (Å²) in [7, 11) is 0. The molecule has 0 saturated heterocycles. The highest BCUT2D eigenvalue weighted by Crippen LogP contribution is 2.31. The Balaban J connectivity index is 2.31. The minimum atomic E-state index is -0.470. The van der Waals surface area contributed by atoms with Crippen molar-refractivity contribution in [3.63, 3.8) is 0 Å². The number of benzene rings is 1. The van der Waals surface area contributed by atoms with E-state index in [1.165, 1.54) is 0 Å². The molecule has 4 heteroatoms. The first-order valence-electron chi connectivity index (χ1n) is 5.89. The molecule has 0 radical (unpaired) electrons. The fourth-order valence-electron chi connectivity index (χ4n) is 2.19. The molecule has 1 aliphatic rings. The third-order valence-corrected chi connectivity index (χ3v) is 3.13. The van der Waals surface area contributed by atoms with Gasteiger partial charge in [0.2, 0.25) is 5.91 Å². The van der Waals surface area contributed by atoms with E-state index in [2.05, 4.69) is 0 Å². The Bertz CT molecular complexity index is 431. The highest BCUT2D eigenvalue weighted by molar-refractivity contribution is 6.01. The van der Waals surface area contributed by atoms with Crippen molar-refractivity contribution < 1.29 is 15.0 Å². The van der Waals surface area contributed by atoms with Crippen molar-refractivity contribution in [1.82, 2.24) is 0 Å². The van der Waals surface area contributed by atoms with Gasteiger partial charge in [-0.15, -0.1) is 0 Å². The lowest BCUT2D eigenvalue weighted by Crippen LogP contribution is -2.29. The van der Waals surface area contributed by atoms with Crippen molar-refractivity contribution >= 4 is 11.6 Å². The van der Waals surface area contributed by atoms with Crippen LogP contribution in [-0.4, -0.2) is 29.3 Å². The van der Waals surface area contributed by atoms with Crippen LogP contribution >= 0.6 is 0 Å². The van der Waals surface area contributed by atoms with Gasteiger partial charge in [-0.1, -0.05) is 19.1 Å². The summed E-state index contributed by atoms with van der Waals surface area (Å²) in [5, 5.41) is 18.7. The summed E-state index contributed by atoms with van der Waals surface area (Å²) < 4.78 is 0. The number of carbonyl (C=O) groups is 1. The molecular formula is C13H17NO3. The summed E-state index contributed by atoms with van der Waals surface area (Å²) >= 11 is 0. The molecule has 1 aromatic carbocycles. The van der Waals surface area contributed by atoms with Crippen LogP contribution < -0.4 is 4.90 Å². The largest absolute Gasteiger partial charge is 0.395 e. The fourth-order valence-corrected chi connectivity index (χ4v) is 2.19. The molecule has 1 amide bonds. The highest BCUT2D eigenvalue weighted by Gasteiger charge is 2.27. The molecule has 4 nitrogen and oxygen atoms in total. The molecule has 0 fully saturated rings. The summed E-state index contributed by atoms with van der Waals surface area (Å²) in [5.74, 6) is 0.0113. The predicted molar refractivity (Wildman–Crippen MR) is 64.8 cm³/mol. The van der Waals surface area contributed by atoms with Gasteiger partial charge in [-0.25, -0.2) is 0 Å². The van der Waals surface area contributed by atoms with Gasteiger partial charge in [-0.3, -0.25) is 4.79 Å². The number of β-amino-alcohol motifs (C(OH)–C–C–N with tert-alkyl or cyclic N) is 1. The number of aliphatic hydroxyl groups is 2. The molecule has 17 heavy (non-hydrogen) atoms. The van der Waals surface area contributed by atoms with Crippen LogP contribution in [0.25, 0.3) is 0 Å². The maximum absolute atomic E-state index is 11.7. The number of anilines is 1. The third-order valence-electron chi connectivity index (χ3n) is 3.13. The quantitative estimate of drug-likeness (QED) is 0.818. The summed E-state index contributed by atoms with van der Waals surface area (Å²) in [4.78, 5) is 13.3. The van der Waals surface area contributed by atoms with Gasteiger partial charge < -0.3 is 15.1 Å². The maximum Gasteiger partial charge on any atom is 0.231 e. The Kier molecular flexibility index (Phi) is 3.45. The number of fused-ring (bicyclic) bond motifs is 1. The molecule has 1 unspecified atom stereocenters. The van der Waals surface area contributed by atoms with Crippen molar-refractivity contribution in [2.24, 2.45) is 0 Å². The van der Waals surface area contributed by atoms with Crippen LogP contribution in [-0.2, 0) is 11.2 Å². The smallest absolute Gasteiger partial charge is 0.231 e. The van der Waals surface area contributed by atoms with Crippen LogP contribution in [0, 0.1) is 0 Å². The van der Waals surface area contributed by atoms with E-state index in [0.717, 1.165) is 16.8 Å². The molecule has 0 aromatic heterocycles. The molecule has 2 rings (SSSR count). The third kappa shape index (κ3) is 2.18. The zero-order valence-electron chi connectivity index (χ0n) is 9.89. The van der Waals surface area contributed by atoms with Crippen LogP contribution in [0.4, 0.5) is 5.69 Å². The van der Waals surface area contributed by atoms with Crippen molar-refractivity contribution in [1.29, 1.82) is 0 Å². The minimum Gasteiger partial charge on any atom is -0.395 e. The molecule has 2 N–H and O–H groups in total. The lowest BCUT2D eigenvalue weighted by Gasteiger charge is -2.16. The second-order valence-corrected chi connectivity index (χ2v) is 4.26. The molecular weight excluding hydrogens is 218 g/mol. The number of carbonyl (C=O) groups excluding carboxylic acids is 1. The monoisotopic (exact) mass is 235 g/mol. The average Bonchev–Trinajstić information content (AvgIpc) is 2.64. The fraction of sp³-hybridized carbons (Fsp3) is 0.462. The van der Waals surface area contributed by atoms with Gasteiger partial charge in [0.05, 0.1) is 19.1 Å². The SMILES string of the molecule is CCC(O)c1ccc2c(c1)CC(=O)N2CCO. The first-order chi connectivity index (χ1) is 8.17. The lowest BCUT2D eigenvalue weighted by atomic mass is 10.0. The van der Waals surface area contributed by atoms with Crippen LogP contribution in [0.1, 0.15) is 30.6 Å². The molecule has 1 aromatic rings. The summed E-state index contributed by atoms with van der Waals surface area (Å²) in [6, 6.07) is 5.58. The average molecular weight is 235 g/mol. The minimum absolute atomic E-state index is 0.0113. The van der Waals surface area contributed by atoms with E-state index in [0.29, 0.717) is 19.4 Å². The molecule has 0 aliphatic carbocycles.